The maximum absolute atomic E-state index is 11.5. The van der Waals surface area contributed by atoms with E-state index in [0.717, 1.165) is 10.4 Å². The minimum atomic E-state index is -0.243. The van der Waals surface area contributed by atoms with Crippen molar-refractivity contribution in [3.8, 4) is 5.88 Å². The van der Waals surface area contributed by atoms with Gasteiger partial charge in [-0.05, 0) is 43.6 Å². The molecule has 1 amide bonds. The van der Waals surface area contributed by atoms with Gasteiger partial charge in [-0.25, -0.2) is 4.98 Å². The van der Waals surface area contributed by atoms with Crippen LogP contribution in [0.2, 0.25) is 5.02 Å². The lowest BCUT2D eigenvalue weighted by atomic mass is 9.93. The fourth-order valence-corrected chi connectivity index (χ4v) is 5.10. The number of aryl methyl sites for hydroxylation is 1. The van der Waals surface area contributed by atoms with Crippen LogP contribution >= 0.6 is 22.9 Å². The fourth-order valence-electron chi connectivity index (χ4n) is 3.77. The number of hydrogen-bond donors (Lipinski definition) is 2. The first-order valence-corrected chi connectivity index (χ1v) is 10.5. The van der Waals surface area contributed by atoms with E-state index >= 15 is 0 Å². The second-order valence-electron chi connectivity index (χ2n) is 7.04. The van der Waals surface area contributed by atoms with Crippen molar-refractivity contribution in [1.82, 2.24) is 19.5 Å². The summed E-state index contributed by atoms with van der Waals surface area (Å²) in [5.41, 5.74) is 6.47. The zero-order valence-electron chi connectivity index (χ0n) is 15.5. The van der Waals surface area contributed by atoms with Crippen LogP contribution in [0.3, 0.4) is 0 Å². The van der Waals surface area contributed by atoms with Gasteiger partial charge < -0.3 is 10.8 Å². The van der Waals surface area contributed by atoms with Crippen LogP contribution < -0.4 is 5.73 Å². The van der Waals surface area contributed by atoms with Crippen molar-refractivity contribution in [2.24, 2.45) is 11.7 Å². The molecule has 0 saturated carbocycles. The minimum absolute atomic E-state index is 0.0979. The largest absolute Gasteiger partial charge is 0.492 e. The van der Waals surface area contributed by atoms with Crippen LogP contribution in [0.25, 0.3) is 4.96 Å². The molecule has 0 unspecified atom stereocenters. The molecule has 2 aromatic heterocycles. The first-order valence-electron chi connectivity index (χ1n) is 9.34. The number of halogens is 1. The maximum atomic E-state index is 11.5. The van der Waals surface area contributed by atoms with Crippen molar-refractivity contribution < 1.29 is 9.90 Å². The SMILES string of the molecule is CCc1nc2sc([C@@H](c3cccc(Cl)c3)N3CCC(C(N)=O)CC3)c(O)n2n1. The monoisotopic (exact) mass is 419 g/mol. The molecule has 148 valence electrons. The van der Waals surface area contributed by atoms with Crippen molar-refractivity contribution in [3.05, 3.63) is 45.6 Å². The normalized spacial score (nSPS) is 17.2. The second-order valence-corrected chi connectivity index (χ2v) is 8.48. The molecule has 0 aliphatic carbocycles. The van der Waals surface area contributed by atoms with Gasteiger partial charge in [-0.1, -0.05) is 42.0 Å². The molecule has 28 heavy (non-hydrogen) atoms. The number of aromatic hydroxyl groups is 1. The molecule has 1 aromatic carbocycles. The zero-order valence-corrected chi connectivity index (χ0v) is 17.1. The number of fused-ring (bicyclic) bond motifs is 1. The molecule has 1 aliphatic heterocycles. The Bertz CT molecular complexity index is 1010. The van der Waals surface area contributed by atoms with Gasteiger partial charge >= 0.3 is 0 Å². The highest BCUT2D eigenvalue weighted by molar-refractivity contribution is 7.17. The fraction of sp³-hybridized carbons (Fsp3) is 0.421. The Hall–Kier alpha value is -2.16. The molecule has 0 radical (unpaired) electrons. The Labute approximate surface area is 171 Å². The van der Waals surface area contributed by atoms with Gasteiger partial charge in [0, 0.05) is 17.4 Å². The number of aromatic nitrogens is 3. The summed E-state index contributed by atoms with van der Waals surface area (Å²) in [6.45, 7) is 3.39. The lowest BCUT2D eigenvalue weighted by molar-refractivity contribution is -0.123. The van der Waals surface area contributed by atoms with Gasteiger partial charge in [0.1, 0.15) is 0 Å². The number of benzene rings is 1. The number of thiazole rings is 1. The van der Waals surface area contributed by atoms with E-state index in [-0.39, 0.29) is 23.7 Å². The predicted octanol–water partition coefficient (Wildman–Crippen LogP) is 3.00. The van der Waals surface area contributed by atoms with Crippen molar-refractivity contribution in [1.29, 1.82) is 0 Å². The molecular weight excluding hydrogens is 398 g/mol. The number of amides is 1. The lowest BCUT2D eigenvalue weighted by Crippen LogP contribution is -2.40. The molecule has 1 fully saturated rings. The third kappa shape index (κ3) is 3.47. The molecule has 7 nitrogen and oxygen atoms in total. The van der Waals surface area contributed by atoms with Crippen molar-refractivity contribution in [3.63, 3.8) is 0 Å². The van der Waals surface area contributed by atoms with Gasteiger partial charge in [0.15, 0.2) is 5.82 Å². The quantitative estimate of drug-likeness (QED) is 0.662. The third-order valence-electron chi connectivity index (χ3n) is 5.27. The highest BCUT2D eigenvalue weighted by Gasteiger charge is 2.33. The Morgan fingerprint density at radius 2 is 2.18 bits per heavy atom. The topological polar surface area (TPSA) is 96.8 Å². The van der Waals surface area contributed by atoms with E-state index in [1.807, 2.05) is 31.2 Å². The number of nitrogens with zero attached hydrogens (tertiary/aromatic N) is 4. The minimum Gasteiger partial charge on any atom is -0.492 e. The van der Waals surface area contributed by atoms with Crippen LogP contribution in [0.15, 0.2) is 24.3 Å². The van der Waals surface area contributed by atoms with Gasteiger partial charge in [-0.2, -0.15) is 4.52 Å². The maximum Gasteiger partial charge on any atom is 0.230 e. The number of rotatable bonds is 5. The summed E-state index contributed by atoms with van der Waals surface area (Å²) in [6, 6.07) is 7.47. The third-order valence-corrected chi connectivity index (χ3v) is 6.58. The first kappa shape index (κ1) is 19.2. The number of carbonyl (C=O) groups excluding carboxylic acids is 1. The van der Waals surface area contributed by atoms with Crippen LogP contribution in [0.1, 0.15) is 42.1 Å². The van der Waals surface area contributed by atoms with Gasteiger partial charge in [0.05, 0.1) is 10.9 Å². The summed E-state index contributed by atoms with van der Waals surface area (Å²) in [5, 5.41) is 15.9. The summed E-state index contributed by atoms with van der Waals surface area (Å²) in [5.74, 6) is 0.468. The molecule has 1 aliphatic rings. The number of piperidine rings is 1. The van der Waals surface area contributed by atoms with Gasteiger partial charge in [-0.3, -0.25) is 9.69 Å². The molecule has 3 aromatic rings. The molecular formula is C19H22ClN5O2S. The molecule has 3 N–H and O–H groups in total. The predicted molar refractivity (Wildman–Crippen MR) is 109 cm³/mol. The van der Waals surface area contributed by atoms with E-state index in [0.29, 0.717) is 48.2 Å². The Kier molecular flexibility index (Phi) is 5.27. The van der Waals surface area contributed by atoms with Crippen LogP contribution in [-0.4, -0.2) is 43.6 Å². The molecule has 4 rings (SSSR count). The summed E-state index contributed by atoms with van der Waals surface area (Å²) in [6.07, 6.45) is 2.11. The van der Waals surface area contributed by atoms with E-state index in [1.54, 1.807) is 0 Å². The zero-order chi connectivity index (χ0) is 19.8. The highest BCUT2D eigenvalue weighted by atomic mass is 35.5. The van der Waals surface area contributed by atoms with E-state index < -0.39 is 0 Å². The number of carbonyl (C=O) groups is 1. The average molecular weight is 420 g/mol. The molecule has 9 heteroatoms. The summed E-state index contributed by atoms with van der Waals surface area (Å²) >= 11 is 7.68. The Morgan fingerprint density at radius 3 is 2.79 bits per heavy atom. The molecule has 1 saturated heterocycles. The van der Waals surface area contributed by atoms with E-state index in [2.05, 4.69) is 15.0 Å². The summed E-state index contributed by atoms with van der Waals surface area (Å²) in [7, 11) is 0. The van der Waals surface area contributed by atoms with Gasteiger partial charge in [0.25, 0.3) is 0 Å². The van der Waals surface area contributed by atoms with E-state index in [9.17, 15) is 9.90 Å². The van der Waals surface area contributed by atoms with Crippen molar-refractivity contribution in [2.75, 3.05) is 13.1 Å². The molecule has 3 heterocycles. The lowest BCUT2D eigenvalue weighted by Gasteiger charge is -2.36. The van der Waals surface area contributed by atoms with Crippen molar-refractivity contribution >= 4 is 33.8 Å². The summed E-state index contributed by atoms with van der Waals surface area (Å²) in [4.78, 5) is 19.7. The standard InChI is InChI=1S/C19H22ClN5O2S/c1-2-14-22-19-25(23-14)18(27)16(28-19)15(12-4-3-5-13(20)10-12)24-8-6-11(7-9-24)17(21)26/h3-5,10-11,15,27H,2,6-9H2,1H3,(H2,21,26)/t15-/m1/s1. The smallest absolute Gasteiger partial charge is 0.230 e. The summed E-state index contributed by atoms with van der Waals surface area (Å²) < 4.78 is 1.51. The number of hydrogen-bond acceptors (Lipinski definition) is 6. The van der Waals surface area contributed by atoms with E-state index in [1.165, 1.54) is 15.9 Å². The molecule has 0 spiro atoms. The van der Waals surface area contributed by atoms with Crippen LogP contribution in [0.5, 0.6) is 5.88 Å². The Morgan fingerprint density at radius 1 is 1.43 bits per heavy atom. The highest BCUT2D eigenvalue weighted by Crippen LogP contribution is 2.41. The van der Waals surface area contributed by atoms with Crippen LogP contribution in [0, 0.1) is 5.92 Å². The first-order chi connectivity index (χ1) is 13.5. The molecule has 1 atom stereocenters. The Balaban J connectivity index is 1.74. The molecule has 0 bridgehead atoms. The van der Waals surface area contributed by atoms with Gasteiger partial charge in [0.2, 0.25) is 16.7 Å². The van der Waals surface area contributed by atoms with Gasteiger partial charge in [-0.15, -0.1) is 5.10 Å². The van der Waals surface area contributed by atoms with Crippen LogP contribution in [0.4, 0.5) is 0 Å². The number of primary amides is 1. The van der Waals surface area contributed by atoms with Crippen LogP contribution in [-0.2, 0) is 11.2 Å². The number of nitrogens with two attached hydrogens (primary N) is 1. The van der Waals surface area contributed by atoms with Crippen molar-refractivity contribution in [2.45, 2.75) is 32.2 Å². The van der Waals surface area contributed by atoms with E-state index in [4.69, 9.17) is 17.3 Å². The second kappa shape index (κ2) is 7.69. The number of likely N-dealkylation sites (tertiary alicyclic amines) is 1. The average Bonchev–Trinajstić information content (AvgIpc) is 3.22.